The molecule has 4 rings (SSSR count). The Balaban J connectivity index is 1.47. The zero-order chi connectivity index (χ0) is 15.9. The zero-order valence-corrected chi connectivity index (χ0v) is 13.2. The van der Waals surface area contributed by atoms with Crippen molar-refractivity contribution in [1.82, 2.24) is 24.6 Å². The lowest BCUT2D eigenvalue weighted by molar-refractivity contribution is -0.144. The molecule has 1 atom stereocenters. The number of fused-ring (bicyclic) bond motifs is 2. The molecule has 2 aromatic heterocycles. The van der Waals surface area contributed by atoms with Crippen LogP contribution in [0.5, 0.6) is 0 Å². The average Bonchev–Trinajstić information content (AvgIpc) is 3.26. The van der Waals surface area contributed by atoms with Gasteiger partial charge in [0.25, 0.3) is 0 Å². The van der Waals surface area contributed by atoms with Gasteiger partial charge in [-0.25, -0.2) is 4.98 Å². The summed E-state index contributed by atoms with van der Waals surface area (Å²) < 4.78 is 7.97. The molecule has 1 saturated heterocycles. The normalized spacial score (nSPS) is 21.2. The van der Waals surface area contributed by atoms with Crippen molar-refractivity contribution in [3.63, 3.8) is 0 Å². The van der Waals surface area contributed by atoms with Gasteiger partial charge in [-0.15, -0.1) is 0 Å². The first-order valence-electron chi connectivity index (χ1n) is 8.12. The predicted octanol–water partition coefficient (Wildman–Crippen LogP) is 1.26. The number of nitrogens with zero attached hydrogens (tertiary/aromatic N) is 4. The van der Waals surface area contributed by atoms with Crippen LogP contribution in [0.15, 0.2) is 24.9 Å². The number of hydrogen-bond donors (Lipinski definition) is 1. The predicted molar refractivity (Wildman–Crippen MR) is 82.7 cm³/mol. The van der Waals surface area contributed by atoms with Crippen LogP contribution in [0.3, 0.4) is 0 Å². The summed E-state index contributed by atoms with van der Waals surface area (Å²) in [4.78, 5) is 18.6. The lowest BCUT2D eigenvalue weighted by Crippen LogP contribution is -2.49. The highest BCUT2D eigenvalue weighted by molar-refractivity contribution is 5.80. The van der Waals surface area contributed by atoms with E-state index in [1.165, 1.54) is 5.56 Å². The van der Waals surface area contributed by atoms with E-state index in [9.17, 15) is 4.79 Å². The van der Waals surface area contributed by atoms with Gasteiger partial charge in [0.1, 0.15) is 11.6 Å². The van der Waals surface area contributed by atoms with Gasteiger partial charge in [-0.3, -0.25) is 9.89 Å². The summed E-state index contributed by atoms with van der Waals surface area (Å²) in [5.41, 5.74) is 2.07. The summed E-state index contributed by atoms with van der Waals surface area (Å²) in [6.07, 6.45) is 9.65. The van der Waals surface area contributed by atoms with Crippen LogP contribution in [0.4, 0.5) is 0 Å². The molecule has 0 radical (unpaired) electrons. The smallest absolute Gasteiger partial charge is 0.245 e. The molecule has 2 aliphatic rings. The number of aromatic nitrogens is 4. The Kier molecular flexibility index (Phi) is 3.45. The van der Waals surface area contributed by atoms with Gasteiger partial charge in [-0.05, 0) is 31.7 Å². The van der Waals surface area contributed by atoms with Gasteiger partial charge in [0.15, 0.2) is 0 Å². The second kappa shape index (κ2) is 5.49. The Hall–Kier alpha value is -2.15. The van der Waals surface area contributed by atoms with Gasteiger partial charge >= 0.3 is 0 Å². The Labute approximate surface area is 134 Å². The Morgan fingerprint density at radius 2 is 2.26 bits per heavy atom. The van der Waals surface area contributed by atoms with Gasteiger partial charge in [0.05, 0.1) is 24.8 Å². The molecular formula is C16H21N5O2. The molecule has 1 unspecified atom stereocenters. The third-order valence-electron chi connectivity index (χ3n) is 5.14. The van der Waals surface area contributed by atoms with Crippen molar-refractivity contribution in [2.45, 2.75) is 37.8 Å². The molecule has 0 aliphatic carbocycles. The number of rotatable bonds is 2. The summed E-state index contributed by atoms with van der Waals surface area (Å²) >= 11 is 0. The standard InChI is InChI=1S/C16H21N5O2/c1-12(21-8-5-17-11-21)15(22)20-6-3-16(4-7-20)14-13(2-9-23-16)10-18-19-14/h5,8,10-12H,2-4,6-7,9H2,1H3,(H,18,19). The molecule has 2 aromatic rings. The first kappa shape index (κ1) is 14.4. The molecule has 7 heteroatoms. The molecular weight excluding hydrogens is 294 g/mol. The molecule has 23 heavy (non-hydrogen) atoms. The van der Waals surface area contributed by atoms with Crippen LogP contribution in [-0.4, -0.2) is 50.3 Å². The lowest BCUT2D eigenvalue weighted by atomic mass is 9.83. The van der Waals surface area contributed by atoms with Crippen molar-refractivity contribution in [1.29, 1.82) is 0 Å². The number of carbonyl (C=O) groups is 1. The number of carbonyl (C=O) groups excluding carboxylic acids is 1. The number of likely N-dealkylation sites (tertiary alicyclic amines) is 1. The number of hydrogen-bond acceptors (Lipinski definition) is 4. The van der Waals surface area contributed by atoms with Crippen LogP contribution in [0.25, 0.3) is 0 Å². The van der Waals surface area contributed by atoms with Crippen molar-refractivity contribution in [2.75, 3.05) is 19.7 Å². The van der Waals surface area contributed by atoms with Gasteiger partial charge in [0, 0.05) is 25.5 Å². The second-order valence-electron chi connectivity index (χ2n) is 6.37. The molecule has 1 fully saturated rings. The second-order valence-corrected chi connectivity index (χ2v) is 6.37. The molecule has 0 saturated carbocycles. The van der Waals surface area contributed by atoms with Crippen LogP contribution < -0.4 is 0 Å². The molecule has 1 amide bonds. The maximum Gasteiger partial charge on any atom is 0.245 e. The first-order chi connectivity index (χ1) is 11.2. The van der Waals surface area contributed by atoms with Crippen LogP contribution in [0.2, 0.25) is 0 Å². The fourth-order valence-corrected chi connectivity index (χ4v) is 3.70. The van der Waals surface area contributed by atoms with Crippen molar-refractivity contribution in [2.24, 2.45) is 0 Å². The van der Waals surface area contributed by atoms with Crippen molar-refractivity contribution >= 4 is 5.91 Å². The van der Waals surface area contributed by atoms with Gasteiger partial charge in [-0.1, -0.05) is 0 Å². The number of aromatic amines is 1. The number of H-pyrrole nitrogens is 1. The molecule has 0 bridgehead atoms. The molecule has 1 N–H and O–H groups in total. The average molecular weight is 315 g/mol. The van der Waals surface area contributed by atoms with E-state index in [0.29, 0.717) is 13.1 Å². The van der Waals surface area contributed by atoms with E-state index in [1.807, 2.05) is 28.8 Å². The monoisotopic (exact) mass is 315 g/mol. The minimum atomic E-state index is -0.293. The minimum Gasteiger partial charge on any atom is -0.368 e. The zero-order valence-electron chi connectivity index (χ0n) is 13.2. The lowest BCUT2D eigenvalue weighted by Gasteiger charge is -2.43. The minimum absolute atomic E-state index is 0.137. The molecule has 0 aromatic carbocycles. The fourth-order valence-electron chi connectivity index (χ4n) is 3.70. The van der Waals surface area contributed by atoms with Gasteiger partial charge in [0.2, 0.25) is 5.91 Å². The fraction of sp³-hybridized carbons (Fsp3) is 0.562. The first-order valence-corrected chi connectivity index (χ1v) is 8.12. The van der Waals surface area contributed by atoms with E-state index in [2.05, 4.69) is 15.2 Å². The molecule has 122 valence electrons. The largest absolute Gasteiger partial charge is 0.368 e. The number of nitrogens with one attached hydrogen (secondary N) is 1. The Morgan fingerprint density at radius 1 is 1.43 bits per heavy atom. The van der Waals surface area contributed by atoms with Crippen molar-refractivity contribution in [3.8, 4) is 0 Å². The van der Waals surface area contributed by atoms with Gasteiger partial charge < -0.3 is 14.2 Å². The molecule has 7 nitrogen and oxygen atoms in total. The van der Waals surface area contributed by atoms with Crippen LogP contribution in [0.1, 0.15) is 37.1 Å². The quantitative estimate of drug-likeness (QED) is 0.905. The van der Waals surface area contributed by atoms with E-state index in [4.69, 9.17) is 4.74 Å². The molecule has 2 aliphatic heterocycles. The Morgan fingerprint density at radius 3 is 3.00 bits per heavy atom. The van der Waals surface area contributed by atoms with E-state index in [-0.39, 0.29) is 17.6 Å². The van der Waals surface area contributed by atoms with E-state index >= 15 is 0 Å². The summed E-state index contributed by atoms with van der Waals surface area (Å²) in [7, 11) is 0. The van der Waals surface area contributed by atoms with Crippen molar-refractivity contribution < 1.29 is 9.53 Å². The summed E-state index contributed by atoms with van der Waals surface area (Å²) in [5, 5.41) is 7.29. The number of ether oxygens (including phenoxy) is 1. The SMILES string of the molecule is CC(C(=O)N1CCC2(CC1)OCCc1cn[nH]c12)n1ccnc1. The van der Waals surface area contributed by atoms with E-state index < -0.39 is 0 Å². The van der Waals surface area contributed by atoms with E-state index in [0.717, 1.165) is 31.6 Å². The number of piperidine rings is 1. The van der Waals surface area contributed by atoms with Crippen LogP contribution >= 0.6 is 0 Å². The third-order valence-corrected chi connectivity index (χ3v) is 5.14. The third kappa shape index (κ3) is 2.35. The highest BCUT2D eigenvalue weighted by atomic mass is 16.5. The topological polar surface area (TPSA) is 76.0 Å². The number of imidazole rings is 1. The van der Waals surface area contributed by atoms with E-state index in [1.54, 1.807) is 12.5 Å². The maximum absolute atomic E-state index is 12.7. The summed E-state index contributed by atoms with van der Waals surface area (Å²) in [6, 6.07) is -0.221. The molecule has 1 spiro atoms. The highest BCUT2D eigenvalue weighted by Gasteiger charge is 2.43. The van der Waals surface area contributed by atoms with Crippen LogP contribution in [0, 0.1) is 0 Å². The summed E-state index contributed by atoms with van der Waals surface area (Å²) in [6.45, 7) is 4.05. The van der Waals surface area contributed by atoms with Gasteiger partial charge in [-0.2, -0.15) is 5.10 Å². The molecule has 4 heterocycles. The number of amides is 1. The Bertz CT molecular complexity index is 685. The highest BCUT2D eigenvalue weighted by Crippen LogP contribution is 2.40. The summed E-state index contributed by atoms with van der Waals surface area (Å²) in [5.74, 6) is 0.137. The van der Waals surface area contributed by atoms with Crippen LogP contribution in [-0.2, 0) is 21.6 Å². The van der Waals surface area contributed by atoms with Crippen molar-refractivity contribution in [3.05, 3.63) is 36.2 Å². The maximum atomic E-state index is 12.7.